The molecule has 0 radical (unpaired) electrons. The Balaban J connectivity index is 4.17. The van der Waals surface area contributed by atoms with Crippen molar-refractivity contribution in [3.8, 4) is 0 Å². The minimum absolute atomic E-state index is 0.0294. The molecule has 0 saturated heterocycles. The van der Waals surface area contributed by atoms with Crippen molar-refractivity contribution < 1.29 is 24.2 Å². The zero-order valence-corrected chi connectivity index (χ0v) is 8.07. The number of nitrogens with one attached hydrogen (secondary N) is 1. The fraction of sp³-hybridized carbons (Fsp3) is 0.625. The van der Waals surface area contributed by atoms with Crippen molar-refractivity contribution in [3.63, 3.8) is 0 Å². The molecule has 2 N–H and O–H groups in total. The number of carbonyl (C=O) groups excluding carboxylic acids is 2. The molecule has 0 aliphatic rings. The Morgan fingerprint density at radius 1 is 1.43 bits per heavy atom. The summed E-state index contributed by atoms with van der Waals surface area (Å²) in [4.78, 5) is 31.9. The summed E-state index contributed by atoms with van der Waals surface area (Å²) >= 11 is 0. The molecule has 0 heterocycles. The van der Waals surface area contributed by atoms with Gasteiger partial charge in [-0.05, 0) is 6.42 Å². The van der Waals surface area contributed by atoms with E-state index in [1.807, 2.05) is 0 Å². The van der Waals surface area contributed by atoms with E-state index in [0.717, 1.165) is 0 Å². The number of rotatable bonds is 5. The number of hydrogen-bond donors (Lipinski definition) is 2. The van der Waals surface area contributed by atoms with E-state index in [1.54, 1.807) is 0 Å². The molecule has 6 heteroatoms. The largest absolute Gasteiger partial charge is 0.481 e. The first-order valence-corrected chi connectivity index (χ1v) is 4.04. The third kappa shape index (κ3) is 5.13. The van der Waals surface area contributed by atoms with Crippen LogP contribution in [0.3, 0.4) is 0 Å². The molecule has 0 aromatic carbocycles. The Hall–Kier alpha value is -1.59. The van der Waals surface area contributed by atoms with Crippen molar-refractivity contribution in [1.82, 2.24) is 5.32 Å². The number of carbonyl (C=O) groups is 3. The number of hydrogen-bond acceptors (Lipinski definition) is 4. The molecule has 14 heavy (non-hydrogen) atoms. The standard InChI is InChI=1S/C8H13NO5/c1-5(10)9-6(8(13)14-2)3-4-7(11)12/h6H,3-4H2,1-2H3,(H,9,10)(H,11,12)/t6-/m1/s1. The molecule has 0 unspecified atom stereocenters. The Labute approximate surface area is 81.2 Å². The second-order valence-electron chi connectivity index (χ2n) is 2.71. The quantitative estimate of drug-likeness (QED) is 0.589. The summed E-state index contributed by atoms with van der Waals surface area (Å²) in [5, 5.41) is 10.7. The SMILES string of the molecule is COC(=O)[C@@H](CCC(=O)O)NC(C)=O. The topological polar surface area (TPSA) is 92.7 Å². The van der Waals surface area contributed by atoms with Crippen molar-refractivity contribution in [1.29, 1.82) is 0 Å². The second-order valence-corrected chi connectivity index (χ2v) is 2.71. The zero-order valence-electron chi connectivity index (χ0n) is 8.07. The van der Waals surface area contributed by atoms with E-state index in [9.17, 15) is 14.4 Å². The molecular weight excluding hydrogens is 190 g/mol. The van der Waals surface area contributed by atoms with Crippen LogP contribution in [0.4, 0.5) is 0 Å². The first kappa shape index (κ1) is 12.4. The molecule has 0 aromatic rings. The highest BCUT2D eigenvalue weighted by Crippen LogP contribution is 1.99. The van der Waals surface area contributed by atoms with Crippen LogP contribution in [0.1, 0.15) is 19.8 Å². The summed E-state index contributed by atoms with van der Waals surface area (Å²) in [6.45, 7) is 1.25. The van der Waals surface area contributed by atoms with E-state index in [4.69, 9.17) is 5.11 Å². The molecule has 1 amide bonds. The van der Waals surface area contributed by atoms with Gasteiger partial charge in [-0.3, -0.25) is 9.59 Å². The lowest BCUT2D eigenvalue weighted by Gasteiger charge is -2.13. The van der Waals surface area contributed by atoms with Crippen LogP contribution in [-0.2, 0) is 19.1 Å². The maximum atomic E-state index is 11.0. The summed E-state index contributed by atoms with van der Waals surface area (Å²) in [5.74, 6) is -2.06. The van der Waals surface area contributed by atoms with Gasteiger partial charge in [-0.25, -0.2) is 4.79 Å². The summed E-state index contributed by atoms with van der Waals surface area (Å²) in [7, 11) is 1.18. The van der Waals surface area contributed by atoms with E-state index in [-0.39, 0.29) is 12.8 Å². The van der Waals surface area contributed by atoms with Crippen LogP contribution >= 0.6 is 0 Å². The molecule has 0 fully saturated rings. The van der Waals surface area contributed by atoms with E-state index in [1.165, 1.54) is 14.0 Å². The Kier molecular flexibility index (Phi) is 5.28. The number of esters is 1. The highest BCUT2D eigenvalue weighted by Gasteiger charge is 2.20. The molecule has 0 aliphatic heterocycles. The second kappa shape index (κ2) is 5.95. The normalized spacial score (nSPS) is 11.6. The van der Waals surface area contributed by atoms with Crippen LogP contribution in [0.2, 0.25) is 0 Å². The number of ether oxygens (including phenoxy) is 1. The predicted molar refractivity (Wildman–Crippen MR) is 46.5 cm³/mol. The molecule has 0 rings (SSSR count). The molecule has 6 nitrogen and oxygen atoms in total. The third-order valence-electron chi connectivity index (χ3n) is 1.51. The fourth-order valence-electron chi connectivity index (χ4n) is 0.904. The van der Waals surface area contributed by atoms with Crippen LogP contribution in [-0.4, -0.2) is 36.1 Å². The van der Waals surface area contributed by atoms with Crippen LogP contribution in [0.15, 0.2) is 0 Å². The van der Waals surface area contributed by atoms with E-state index < -0.39 is 23.9 Å². The van der Waals surface area contributed by atoms with Gasteiger partial charge in [-0.15, -0.1) is 0 Å². The Morgan fingerprint density at radius 2 is 2.00 bits per heavy atom. The number of amides is 1. The van der Waals surface area contributed by atoms with Gasteiger partial charge in [0, 0.05) is 13.3 Å². The van der Waals surface area contributed by atoms with Gasteiger partial charge in [-0.1, -0.05) is 0 Å². The Morgan fingerprint density at radius 3 is 2.36 bits per heavy atom. The molecule has 1 atom stereocenters. The van der Waals surface area contributed by atoms with Crippen LogP contribution in [0.25, 0.3) is 0 Å². The Bertz CT molecular complexity index is 238. The van der Waals surface area contributed by atoms with Gasteiger partial charge in [0.25, 0.3) is 0 Å². The summed E-state index contributed by atoms with van der Waals surface area (Å²) in [6, 6.07) is -0.881. The van der Waals surface area contributed by atoms with Crippen LogP contribution in [0.5, 0.6) is 0 Å². The highest BCUT2D eigenvalue weighted by molar-refractivity contribution is 5.83. The van der Waals surface area contributed by atoms with Gasteiger partial charge in [-0.2, -0.15) is 0 Å². The predicted octanol–water partition coefficient (Wildman–Crippen LogP) is -0.471. The van der Waals surface area contributed by atoms with Crippen LogP contribution < -0.4 is 5.32 Å². The smallest absolute Gasteiger partial charge is 0.328 e. The number of methoxy groups -OCH3 is 1. The third-order valence-corrected chi connectivity index (χ3v) is 1.51. The summed E-state index contributed by atoms with van der Waals surface area (Å²) < 4.78 is 4.40. The summed E-state index contributed by atoms with van der Waals surface area (Å²) in [6.07, 6.45) is -0.165. The zero-order chi connectivity index (χ0) is 11.1. The van der Waals surface area contributed by atoms with Gasteiger partial charge in [0.2, 0.25) is 5.91 Å². The first-order valence-electron chi connectivity index (χ1n) is 4.04. The van der Waals surface area contributed by atoms with Gasteiger partial charge in [0.15, 0.2) is 0 Å². The lowest BCUT2D eigenvalue weighted by molar-refractivity contribution is -0.145. The maximum Gasteiger partial charge on any atom is 0.328 e. The number of aliphatic carboxylic acids is 1. The number of carboxylic acids is 1. The average molecular weight is 203 g/mol. The first-order chi connectivity index (χ1) is 6.47. The van der Waals surface area contributed by atoms with E-state index >= 15 is 0 Å². The molecule has 80 valence electrons. The fourth-order valence-corrected chi connectivity index (χ4v) is 0.904. The van der Waals surface area contributed by atoms with Gasteiger partial charge in [0.1, 0.15) is 6.04 Å². The van der Waals surface area contributed by atoms with Gasteiger partial charge in [0.05, 0.1) is 7.11 Å². The molecular formula is C8H13NO5. The lowest BCUT2D eigenvalue weighted by Crippen LogP contribution is -2.40. The molecule has 0 aliphatic carbocycles. The molecule has 0 saturated carbocycles. The molecule has 0 spiro atoms. The van der Waals surface area contributed by atoms with Gasteiger partial charge >= 0.3 is 11.9 Å². The monoisotopic (exact) mass is 203 g/mol. The summed E-state index contributed by atoms with van der Waals surface area (Å²) in [5.41, 5.74) is 0. The van der Waals surface area contributed by atoms with Crippen molar-refractivity contribution in [2.75, 3.05) is 7.11 Å². The van der Waals surface area contributed by atoms with Crippen molar-refractivity contribution in [2.45, 2.75) is 25.8 Å². The van der Waals surface area contributed by atoms with Crippen LogP contribution in [0, 0.1) is 0 Å². The molecule has 0 bridgehead atoms. The average Bonchev–Trinajstić information content (AvgIpc) is 2.10. The van der Waals surface area contributed by atoms with Gasteiger partial charge < -0.3 is 15.2 Å². The highest BCUT2D eigenvalue weighted by atomic mass is 16.5. The van der Waals surface area contributed by atoms with Crippen molar-refractivity contribution in [2.24, 2.45) is 0 Å². The molecule has 0 aromatic heterocycles. The van der Waals surface area contributed by atoms with E-state index in [2.05, 4.69) is 10.1 Å². The lowest BCUT2D eigenvalue weighted by atomic mass is 10.1. The minimum Gasteiger partial charge on any atom is -0.481 e. The minimum atomic E-state index is -1.02. The van der Waals surface area contributed by atoms with Crippen molar-refractivity contribution >= 4 is 17.8 Å². The number of carboxylic acid groups (broad SMARTS) is 1. The maximum absolute atomic E-state index is 11.0. The van der Waals surface area contributed by atoms with E-state index in [0.29, 0.717) is 0 Å². The van der Waals surface area contributed by atoms with Crippen molar-refractivity contribution in [3.05, 3.63) is 0 Å².